The second kappa shape index (κ2) is 5.93. The van der Waals surface area contributed by atoms with Crippen LogP contribution in [-0.4, -0.2) is 24.0 Å². The van der Waals surface area contributed by atoms with Crippen molar-refractivity contribution < 1.29 is 19.1 Å². The topological polar surface area (TPSA) is 57.6 Å². The van der Waals surface area contributed by atoms with E-state index in [2.05, 4.69) is 0 Å². The number of carboxylic acids is 1. The SMILES string of the molecule is CN(C(=O)c1c(F)cccc1Cl)c1ccccc1C(=O)O. The maximum atomic E-state index is 13.8. The van der Waals surface area contributed by atoms with Crippen molar-refractivity contribution in [3.63, 3.8) is 0 Å². The Morgan fingerprint density at radius 1 is 1.14 bits per heavy atom. The lowest BCUT2D eigenvalue weighted by Crippen LogP contribution is -2.29. The first-order chi connectivity index (χ1) is 9.93. The molecular formula is C15H11ClFNO3. The van der Waals surface area contributed by atoms with E-state index in [0.29, 0.717) is 0 Å². The van der Waals surface area contributed by atoms with Gasteiger partial charge in [-0.15, -0.1) is 0 Å². The van der Waals surface area contributed by atoms with Crippen LogP contribution in [0.5, 0.6) is 0 Å². The molecule has 0 radical (unpaired) electrons. The molecule has 1 N–H and O–H groups in total. The lowest BCUT2D eigenvalue weighted by atomic mass is 10.1. The van der Waals surface area contributed by atoms with Crippen LogP contribution in [0.2, 0.25) is 5.02 Å². The van der Waals surface area contributed by atoms with E-state index in [1.807, 2.05) is 0 Å². The van der Waals surface area contributed by atoms with E-state index < -0.39 is 17.7 Å². The zero-order valence-corrected chi connectivity index (χ0v) is 11.8. The van der Waals surface area contributed by atoms with Crippen LogP contribution in [-0.2, 0) is 0 Å². The Morgan fingerprint density at radius 2 is 1.81 bits per heavy atom. The number of hydrogen-bond donors (Lipinski definition) is 1. The van der Waals surface area contributed by atoms with Gasteiger partial charge in [-0.25, -0.2) is 9.18 Å². The monoisotopic (exact) mass is 307 g/mol. The molecule has 0 saturated heterocycles. The molecule has 2 rings (SSSR count). The zero-order valence-electron chi connectivity index (χ0n) is 11.0. The van der Waals surface area contributed by atoms with E-state index in [0.717, 1.165) is 11.0 Å². The number of hydrogen-bond acceptors (Lipinski definition) is 2. The standard InChI is InChI=1S/C15H11ClFNO3/c1-18(12-8-3-2-5-9(12)15(20)21)14(19)13-10(16)6-4-7-11(13)17/h2-8H,1H3,(H,20,21). The smallest absolute Gasteiger partial charge is 0.337 e. The number of carbonyl (C=O) groups excluding carboxylic acids is 1. The van der Waals surface area contributed by atoms with Gasteiger partial charge in [-0.2, -0.15) is 0 Å². The van der Waals surface area contributed by atoms with Crippen LogP contribution < -0.4 is 4.90 Å². The summed E-state index contributed by atoms with van der Waals surface area (Å²) in [6, 6.07) is 9.88. The Hall–Kier alpha value is -2.40. The fourth-order valence-electron chi connectivity index (χ4n) is 1.93. The Labute approximate surface area is 125 Å². The van der Waals surface area contributed by atoms with Gasteiger partial charge in [-0.3, -0.25) is 4.79 Å². The molecule has 108 valence electrons. The van der Waals surface area contributed by atoms with Gasteiger partial charge in [0.1, 0.15) is 5.82 Å². The molecule has 0 unspecified atom stereocenters. The van der Waals surface area contributed by atoms with Crippen molar-refractivity contribution in [1.29, 1.82) is 0 Å². The van der Waals surface area contributed by atoms with Crippen molar-refractivity contribution in [2.75, 3.05) is 11.9 Å². The number of benzene rings is 2. The molecule has 0 aromatic heterocycles. The van der Waals surface area contributed by atoms with Gasteiger partial charge in [0, 0.05) is 7.05 Å². The van der Waals surface area contributed by atoms with E-state index >= 15 is 0 Å². The van der Waals surface area contributed by atoms with Crippen molar-refractivity contribution in [3.8, 4) is 0 Å². The molecule has 4 nitrogen and oxygen atoms in total. The number of para-hydroxylation sites is 1. The van der Waals surface area contributed by atoms with Crippen LogP contribution in [0.1, 0.15) is 20.7 Å². The lowest BCUT2D eigenvalue weighted by Gasteiger charge is -2.20. The fraction of sp³-hybridized carbons (Fsp3) is 0.0667. The molecule has 0 aliphatic heterocycles. The summed E-state index contributed by atoms with van der Waals surface area (Å²) in [7, 11) is 1.37. The van der Waals surface area contributed by atoms with E-state index in [-0.39, 0.29) is 21.8 Å². The summed E-state index contributed by atoms with van der Waals surface area (Å²) in [6.07, 6.45) is 0. The predicted molar refractivity (Wildman–Crippen MR) is 77.5 cm³/mol. The Balaban J connectivity index is 2.48. The first-order valence-electron chi connectivity index (χ1n) is 5.98. The second-order valence-electron chi connectivity index (χ2n) is 4.28. The van der Waals surface area contributed by atoms with Gasteiger partial charge in [0.15, 0.2) is 0 Å². The molecule has 0 aliphatic carbocycles. The van der Waals surface area contributed by atoms with Crippen LogP contribution in [0.15, 0.2) is 42.5 Å². The molecule has 0 atom stereocenters. The molecule has 0 saturated carbocycles. The van der Waals surface area contributed by atoms with Gasteiger partial charge in [0.25, 0.3) is 5.91 Å². The van der Waals surface area contributed by atoms with E-state index in [1.165, 1.54) is 31.3 Å². The van der Waals surface area contributed by atoms with Crippen LogP contribution in [0.4, 0.5) is 10.1 Å². The summed E-state index contributed by atoms with van der Waals surface area (Å²) in [4.78, 5) is 24.6. The first kappa shape index (κ1) is 15.0. The third kappa shape index (κ3) is 2.87. The molecular weight excluding hydrogens is 297 g/mol. The highest BCUT2D eigenvalue weighted by molar-refractivity contribution is 6.34. The Kier molecular flexibility index (Phi) is 4.23. The summed E-state index contributed by atoms with van der Waals surface area (Å²) in [5.74, 6) is -2.65. The lowest BCUT2D eigenvalue weighted by molar-refractivity contribution is 0.0697. The van der Waals surface area contributed by atoms with E-state index in [1.54, 1.807) is 12.1 Å². The minimum absolute atomic E-state index is 0.0281. The van der Waals surface area contributed by atoms with Crippen LogP contribution >= 0.6 is 11.6 Å². The number of aromatic carboxylic acids is 1. The van der Waals surface area contributed by atoms with Gasteiger partial charge in [-0.1, -0.05) is 29.8 Å². The van der Waals surface area contributed by atoms with Crippen molar-refractivity contribution in [2.45, 2.75) is 0 Å². The molecule has 2 aromatic rings. The molecule has 1 amide bonds. The number of carboxylic acid groups (broad SMARTS) is 1. The van der Waals surface area contributed by atoms with E-state index in [9.17, 15) is 14.0 Å². The summed E-state index contributed by atoms with van der Waals surface area (Å²) < 4.78 is 13.8. The second-order valence-corrected chi connectivity index (χ2v) is 4.69. The Bertz CT molecular complexity index is 698. The first-order valence-corrected chi connectivity index (χ1v) is 6.35. The third-order valence-electron chi connectivity index (χ3n) is 2.98. The van der Waals surface area contributed by atoms with Crippen LogP contribution in [0.25, 0.3) is 0 Å². The fourth-order valence-corrected chi connectivity index (χ4v) is 2.17. The third-order valence-corrected chi connectivity index (χ3v) is 3.29. The maximum absolute atomic E-state index is 13.8. The molecule has 21 heavy (non-hydrogen) atoms. The molecule has 0 bridgehead atoms. The van der Waals surface area contributed by atoms with Crippen molar-refractivity contribution in [3.05, 3.63) is 64.4 Å². The number of rotatable bonds is 3. The number of carbonyl (C=O) groups is 2. The largest absolute Gasteiger partial charge is 0.478 e. The molecule has 0 fully saturated rings. The van der Waals surface area contributed by atoms with Crippen molar-refractivity contribution >= 4 is 29.2 Å². The summed E-state index contributed by atoms with van der Waals surface area (Å²) >= 11 is 5.85. The summed E-state index contributed by atoms with van der Waals surface area (Å²) in [5.41, 5.74) is -0.183. The number of halogens is 2. The van der Waals surface area contributed by atoms with E-state index in [4.69, 9.17) is 16.7 Å². The van der Waals surface area contributed by atoms with Gasteiger partial charge >= 0.3 is 5.97 Å². The van der Waals surface area contributed by atoms with Gasteiger partial charge in [0.05, 0.1) is 21.8 Å². The maximum Gasteiger partial charge on any atom is 0.337 e. The minimum atomic E-state index is -1.18. The van der Waals surface area contributed by atoms with Gasteiger partial charge < -0.3 is 10.0 Å². The highest BCUT2D eigenvalue weighted by Gasteiger charge is 2.23. The highest BCUT2D eigenvalue weighted by atomic mass is 35.5. The minimum Gasteiger partial charge on any atom is -0.478 e. The molecule has 0 aliphatic rings. The predicted octanol–water partition coefficient (Wildman–Crippen LogP) is 3.45. The molecule has 0 spiro atoms. The van der Waals surface area contributed by atoms with Crippen LogP contribution in [0, 0.1) is 5.82 Å². The molecule has 2 aromatic carbocycles. The Morgan fingerprint density at radius 3 is 2.43 bits per heavy atom. The number of amides is 1. The average Bonchev–Trinajstić information content (AvgIpc) is 2.46. The normalized spacial score (nSPS) is 10.2. The van der Waals surface area contributed by atoms with Crippen molar-refractivity contribution in [2.24, 2.45) is 0 Å². The quantitative estimate of drug-likeness (QED) is 0.945. The average molecular weight is 308 g/mol. The molecule has 6 heteroatoms. The van der Waals surface area contributed by atoms with Crippen molar-refractivity contribution in [1.82, 2.24) is 0 Å². The highest BCUT2D eigenvalue weighted by Crippen LogP contribution is 2.25. The number of nitrogens with zero attached hydrogens (tertiary/aromatic N) is 1. The summed E-state index contributed by atoms with van der Waals surface area (Å²) in [6.45, 7) is 0. The van der Waals surface area contributed by atoms with Crippen LogP contribution in [0.3, 0.4) is 0 Å². The number of anilines is 1. The zero-order chi connectivity index (χ0) is 15.6. The van der Waals surface area contributed by atoms with Gasteiger partial charge in [0.2, 0.25) is 0 Å². The van der Waals surface area contributed by atoms with Gasteiger partial charge in [-0.05, 0) is 24.3 Å². The summed E-state index contributed by atoms with van der Waals surface area (Å²) in [5, 5.41) is 9.11. The molecule has 0 heterocycles.